The molecule has 0 spiro atoms. The zero-order valence-electron chi connectivity index (χ0n) is 13.1. The van der Waals surface area contributed by atoms with Crippen molar-refractivity contribution >= 4 is 33.4 Å². The fraction of sp³-hybridized carbons (Fsp3) is 0.111. The molecule has 0 atom stereocenters. The summed E-state index contributed by atoms with van der Waals surface area (Å²) >= 11 is 0. The predicted octanol–water partition coefficient (Wildman–Crippen LogP) is 3.25. The van der Waals surface area contributed by atoms with Gasteiger partial charge in [0.05, 0.1) is 17.4 Å². The fourth-order valence-corrected chi connectivity index (χ4v) is 2.76. The second-order valence-electron chi connectivity index (χ2n) is 5.47. The summed E-state index contributed by atoms with van der Waals surface area (Å²) in [5.41, 5.74) is 2.86. The second kappa shape index (κ2) is 5.73. The van der Waals surface area contributed by atoms with E-state index in [9.17, 15) is 4.79 Å². The minimum absolute atomic E-state index is 0.193. The molecule has 4 aromatic rings. The monoisotopic (exact) mass is 317 g/mol. The minimum atomic E-state index is -0.193. The lowest BCUT2D eigenvalue weighted by molar-refractivity contribution is 0.102. The molecule has 0 aliphatic heterocycles. The highest BCUT2D eigenvalue weighted by molar-refractivity contribution is 6.09. The van der Waals surface area contributed by atoms with Gasteiger partial charge in [0, 0.05) is 29.1 Å². The van der Waals surface area contributed by atoms with E-state index in [1.807, 2.05) is 37.3 Å². The Morgan fingerprint density at radius 1 is 1.17 bits per heavy atom. The predicted molar refractivity (Wildman–Crippen MR) is 92.9 cm³/mol. The summed E-state index contributed by atoms with van der Waals surface area (Å²) in [5, 5.41) is 13.0. The van der Waals surface area contributed by atoms with Gasteiger partial charge in [-0.25, -0.2) is 4.68 Å². The standard InChI is InChI=1S/C18H15N5O/c1-2-23-17-8-7-12(9-15(17)21-22-23)18(24)20-16-11-19-10-13-5-3-4-6-14(13)16/h3-11H,2H2,1H3,(H,20,24). The average molecular weight is 317 g/mol. The number of rotatable bonds is 3. The van der Waals surface area contributed by atoms with Gasteiger partial charge in [-0.05, 0) is 25.1 Å². The van der Waals surface area contributed by atoms with Crippen LogP contribution in [0.2, 0.25) is 0 Å². The van der Waals surface area contributed by atoms with E-state index in [4.69, 9.17) is 0 Å². The molecule has 2 aromatic carbocycles. The number of hydrogen-bond donors (Lipinski definition) is 1. The Morgan fingerprint density at radius 3 is 2.92 bits per heavy atom. The van der Waals surface area contributed by atoms with Crippen molar-refractivity contribution in [2.75, 3.05) is 5.32 Å². The van der Waals surface area contributed by atoms with Crippen molar-refractivity contribution in [3.05, 3.63) is 60.4 Å². The molecule has 0 unspecified atom stereocenters. The number of pyridine rings is 1. The molecule has 0 saturated heterocycles. The van der Waals surface area contributed by atoms with Gasteiger partial charge in [0.2, 0.25) is 0 Å². The Balaban J connectivity index is 1.68. The lowest BCUT2D eigenvalue weighted by Crippen LogP contribution is -2.12. The molecule has 1 N–H and O–H groups in total. The van der Waals surface area contributed by atoms with E-state index < -0.39 is 0 Å². The van der Waals surface area contributed by atoms with Crippen molar-refractivity contribution in [1.29, 1.82) is 0 Å². The van der Waals surface area contributed by atoms with Gasteiger partial charge >= 0.3 is 0 Å². The summed E-state index contributed by atoms with van der Waals surface area (Å²) < 4.78 is 1.80. The van der Waals surface area contributed by atoms with Gasteiger partial charge in [-0.3, -0.25) is 9.78 Å². The van der Waals surface area contributed by atoms with Crippen molar-refractivity contribution in [3.8, 4) is 0 Å². The maximum Gasteiger partial charge on any atom is 0.255 e. The summed E-state index contributed by atoms with van der Waals surface area (Å²) in [4.78, 5) is 16.8. The zero-order chi connectivity index (χ0) is 16.5. The molecular formula is C18H15N5O. The number of fused-ring (bicyclic) bond motifs is 2. The summed E-state index contributed by atoms with van der Waals surface area (Å²) in [6.07, 6.45) is 3.44. The molecular weight excluding hydrogens is 302 g/mol. The Bertz CT molecular complexity index is 1050. The van der Waals surface area contributed by atoms with E-state index in [0.717, 1.165) is 22.8 Å². The van der Waals surface area contributed by atoms with E-state index in [2.05, 4.69) is 20.6 Å². The molecule has 4 rings (SSSR count). The molecule has 0 bridgehead atoms. The lowest BCUT2D eigenvalue weighted by atomic mass is 10.1. The molecule has 0 aliphatic rings. The Hall–Kier alpha value is -3.28. The van der Waals surface area contributed by atoms with E-state index in [1.54, 1.807) is 29.2 Å². The van der Waals surface area contributed by atoms with Crippen LogP contribution in [0.5, 0.6) is 0 Å². The Morgan fingerprint density at radius 2 is 2.04 bits per heavy atom. The number of benzene rings is 2. The molecule has 118 valence electrons. The summed E-state index contributed by atoms with van der Waals surface area (Å²) in [7, 11) is 0. The van der Waals surface area contributed by atoms with Crippen LogP contribution in [0.25, 0.3) is 21.8 Å². The Labute approximate surface area is 138 Å². The molecule has 2 aromatic heterocycles. The van der Waals surface area contributed by atoms with Crippen molar-refractivity contribution in [2.45, 2.75) is 13.5 Å². The van der Waals surface area contributed by atoms with Crippen LogP contribution in [-0.4, -0.2) is 25.9 Å². The first kappa shape index (κ1) is 14.3. The first-order chi connectivity index (χ1) is 11.8. The SMILES string of the molecule is CCn1nnc2cc(C(=O)Nc3cncc4ccccc34)ccc21. The van der Waals surface area contributed by atoms with Gasteiger partial charge in [0.15, 0.2) is 0 Å². The second-order valence-corrected chi connectivity index (χ2v) is 5.47. The smallest absolute Gasteiger partial charge is 0.255 e. The maximum atomic E-state index is 12.6. The average Bonchev–Trinajstić information content (AvgIpc) is 3.04. The van der Waals surface area contributed by atoms with Crippen LogP contribution < -0.4 is 5.32 Å². The molecule has 6 heteroatoms. The van der Waals surface area contributed by atoms with Crippen LogP contribution in [0.15, 0.2) is 54.9 Å². The number of carbonyl (C=O) groups excluding carboxylic acids is 1. The van der Waals surface area contributed by atoms with Crippen molar-refractivity contribution < 1.29 is 4.79 Å². The highest BCUT2D eigenvalue weighted by atomic mass is 16.1. The van der Waals surface area contributed by atoms with E-state index in [1.165, 1.54) is 0 Å². The van der Waals surface area contributed by atoms with Crippen LogP contribution in [0.1, 0.15) is 17.3 Å². The van der Waals surface area contributed by atoms with Crippen LogP contribution in [0.4, 0.5) is 5.69 Å². The quantitative estimate of drug-likeness (QED) is 0.629. The lowest BCUT2D eigenvalue weighted by Gasteiger charge is -2.08. The molecule has 0 aliphatic carbocycles. The molecule has 1 amide bonds. The largest absolute Gasteiger partial charge is 0.320 e. The highest BCUT2D eigenvalue weighted by Gasteiger charge is 2.11. The van der Waals surface area contributed by atoms with E-state index >= 15 is 0 Å². The van der Waals surface area contributed by atoms with Gasteiger partial charge < -0.3 is 5.32 Å². The highest BCUT2D eigenvalue weighted by Crippen LogP contribution is 2.22. The minimum Gasteiger partial charge on any atom is -0.320 e. The van der Waals surface area contributed by atoms with Crippen LogP contribution in [-0.2, 0) is 6.54 Å². The van der Waals surface area contributed by atoms with Crippen LogP contribution >= 0.6 is 0 Å². The molecule has 0 radical (unpaired) electrons. The third kappa shape index (κ3) is 2.38. The molecule has 0 saturated carbocycles. The third-order valence-corrected chi connectivity index (χ3v) is 3.99. The summed E-state index contributed by atoms with van der Waals surface area (Å²) in [6, 6.07) is 13.2. The molecule has 0 fully saturated rings. The van der Waals surface area contributed by atoms with Crippen LogP contribution in [0.3, 0.4) is 0 Å². The van der Waals surface area contributed by atoms with Crippen molar-refractivity contribution in [1.82, 2.24) is 20.0 Å². The molecule has 24 heavy (non-hydrogen) atoms. The fourth-order valence-electron chi connectivity index (χ4n) is 2.76. The number of amides is 1. The van der Waals surface area contributed by atoms with Crippen molar-refractivity contribution in [3.63, 3.8) is 0 Å². The number of carbonyl (C=O) groups is 1. The van der Waals surface area contributed by atoms with Crippen molar-refractivity contribution in [2.24, 2.45) is 0 Å². The topological polar surface area (TPSA) is 72.7 Å². The molecule has 2 heterocycles. The number of anilines is 1. The normalized spacial score (nSPS) is 11.0. The van der Waals surface area contributed by atoms with Gasteiger partial charge in [-0.1, -0.05) is 29.5 Å². The van der Waals surface area contributed by atoms with Gasteiger partial charge in [-0.15, -0.1) is 5.10 Å². The first-order valence-corrected chi connectivity index (χ1v) is 7.73. The molecule has 6 nitrogen and oxygen atoms in total. The Kier molecular flexibility index (Phi) is 3.42. The number of nitrogens with zero attached hydrogens (tertiary/aromatic N) is 4. The summed E-state index contributed by atoms with van der Waals surface area (Å²) in [6.45, 7) is 2.74. The van der Waals surface area contributed by atoms with E-state index in [-0.39, 0.29) is 5.91 Å². The van der Waals surface area contributed by atoms with Gasteiger partial charge in [0.25, 0.3) is 5.91 Å². The number of nitrogens with one attached hydrogen (secondary N) is 1. The maximum absolute atomic E-state index is 12.6. The van der Waals surface area contributed by atoms with Gasteiger partial charge in [0.1, 0.15) is 5.52 Å². The zero-order valence-corrected chi connectivity index (χ0v) is 13.1. The third-order valence-electron chi connectivity index (χ3n) is 3.99. The number of hydrogen-bond acceptors (Lipinski definition) is 4. The van der Waals surface area contributed by atoms with Crippen LogP contribution in [0, 0.1) is 0 Å². The van der Waals surface area contributed by atoms with E-state index in [0.29, 0.717) is 16.8 Å². The first-order valence-electron chi connectivity index (χ1n) is 7.73. The van der Waals surface area contributed by atoms with Gasteiger partial charge in [-0.2, -0.15) is 0 Å². The summed E-state index contributed by atoms with van der Waals surface area (Å²) in [5.74, 6) is -0.193. The number of aromatic nitrogens is 4. The number of aryl methyl sites for hydroxylation is 1.